The molecule has 3 heteroatoms. The zero-order chi connectivity index (χ0) is 14.0. The van der Waals surface area contributed by atoms with Gasteiger partial charge in [0, 0.05) is 35.3 Å². The molecular weight excluding hydrogens is 248 g/mol. The van der Waals surface area contributed by atoms with Crippen LogP contribution in [0.4, 0.5) is 0 Å². The number of benzene rings is 1. The van der Waals surface area contributed by atoms with Gasteiger partial charge in [0.2, 0.25) is 0 Å². The quantitative estimate of drug-likeness (QED) is 0.900. The van der Waals surface area contributed by atoms with Gasteiger partial charge in [-0.3, -0.25) is 4.98 Å². The zero-order valence-electron chi connectivity index (χ0n) is 11.8. The van der Waals surface area contributed by atoms with Crippen LogP contribution in [0.5, 0.6) is 0 Å². The third-order valence-electron chi connectivity index (χ3n) is 4.83. The number of nitrogens with zero attached hydrogens (tertiary/aromatic N) is 1. The fourth-order valence-electron chi connectivity index (χ4n) is 3.53. The van der Waals surface area contributed by atoms with Crippen molar-refractivity contribution in [1.29, 1.82) is 0 Å². The fourth-order valence-corrected chi connectivity index (χ4v) is 3.53. The van der Waals surface area contributed by atoms with Gasteiger partial charge in [0.15, 0.2) is 0 Å². The average Bonchev–Trinajstić information content (AvgIpc) is 2.54. The molecule has 20 heavy (non-hydrogen) atoms. The van der Waals surface area contributed by atoms with Crippen LogP contribution in [0.15, 0.2) is 36.7 Å². The van der Waals surface area contributed by atoms with Gasteiger partial charge < -0.3 is 10.8 Å². The first-order chi connectivity index (χ1) is 9.77. The maximum Gasteiger partial charge on any atom is 0.0879 e. The second-order valence-electron chi connectivity index (χ2n) is 5.98. The highest BCUT2D eigenvalue weighted by Gasteiger charge is 2.39. The lowest BCUT2D eigenvalue weighted by molar-refractivity contribution is 0.00147. The van der Waals surface area contributed by atoms with E-state index in [0.29, 0.717) is 6.54 Å². The molecule has 3 rings (SSSR count). The van der Waals surface area contributed by atoms with Crippen LogP contribution in [0.2, 0.25) is 0 Å². The van der Waals surface area contributed by atoms with E-state index in [2.05, 4.69) is 11.1 Å². The smallest absolute Gasteiger partial charge is 0.0879 e. The van der Waals surface area contributed by atoms with E-state index < -0.39 is 6.10 Å². The minimum Gasteiger partial charge on any atom is -0.388 e. The maximum atomic E-state index is 11.0. The Kier molecular flexibility index (Phi) is 3.72. The lowest BCUT2D eigenvalue weighted by Gasteiger charge is -2.40. The van der Waals surface area contributed by atoms with Crippen LogP contribution < -0.4 is 5.73 Å². The Labute approximate surface area is 119 Å². The van der Waals surface area contributed by atoms with Gasteiger partial charge >= 0.3 is 0 Å². The maximum absolute atomic E-state index is 11.0. The molecule has 3 N–H and O–H groups in total. The normalized spacial score (nSPS) is 19.9. The predicted molar refractivity (Wildman–Crippen MR) is 81.3 cm³/mol. The largest absolute Gasteiger partial charge is 0.388 e. The van der Waals surface area contributed by atoms with Crippen LogP contribution in [0, 0.1) is 5.41 Å². The topological polar surface area (TPSA) is 59.1 Å². The first-order valence-corrected chi connectivity index (χ1v) is 7.48. The van der Waals surface area contributed by atoms with E-state index in [1.165, 1.54) is 6.42 Å². The Hall–Kier alpha value is -1.45. The molecule has 1 saturated carbocycles. The molecule has 0 amide bonds. The van der Waals surface area contributed by atoms with Crippen LogP contribution in [0.1, 0.15) is 43.8 Å². The fraction of sp³-hybridized carbons (Fsp3) is 0.471. The van der Waals surface area contributed by atoms with Gasteiger partial charge in [0.1, 0.15) is 0 Å². The summed E-state index contributed by atoms with van der Waals surface area (Å²) in [5, 5.41) is 13.1. The molecule has 0 spiro atoms. The number of fused-ring (bicyclic) bond motifs is 1. The standard InChI is InChI=1S/C17H22N2O/c18-12-17(8-4-1-5-9-17)16(20)15-11-19-10-13-6-2-3-7-14(13)15/h2-3,6-7,10-11,16,20H,1,4-5,8-9,12,18H2. The van der Waals surface area contributed by atoms with Crippen molar-refractivity contribution in [1.82, 2.24) is 4.98 Å². The number of pyridine rings is 1. The number of aliphatic hydroxyl groups excluding tert-OH is 1. The summed E-state index contributed by atoms with van der Waals surface area (Å²) >= 11 is 0. The molecule has 1 heterocycles. The van der Waals surface area contributed by atoms with Crippen molar-refractivity contribution in [2.24, 2.45) is 11.1 Å². The molecule has 1 atom stereocenters. The van der Waals surface area contributed by atoms with Crippen LogP contribution >= 0.6 is 0 Å². The molecule has 1 aliphatic carbocycles. The van der Waals surface area contributed by atoms with Gasteiger partial charge in [0.05, 0.1) is 6.10 Å². The Morgan fingerprint density at radius 3 is 2.65 bits per heavy atom. The van der Waals surface area contributed by atoms with E-state index >= 15 is 0 Å². The number of hydrogen-bond acceptors (Lipinski definition) is 3. The lowest BCUT2D eigenvalue weighted by atomic mass is 9.68. The molecule has 1 aromatic carbocycles. The molecule has 0 radical (unpaired) electrons. The van der Waals surface area contributed by atoms with Gasteiger partial charge in [-0.1, -0.05) is 43.5 Å². The van der Waals surface area contributed by atoms with Crippen molar-refractivity contribution in [3.05, 3.63) is 42.2 Å². The molecule has 106 valence electrons. The van der Waals surface area contributed by atoms with E-state index in [4.69, 9.17) is 5.73 Å². The summed E-state index contributed by atoms with van der Waals surface area (Å²) in [4.78, 5) is 4.29. The summed E-state index contributed by atoms with van der Waals surface area (Å²) in [6.45, 7) is 0.539. The molecule has 0 aliphatic heterocycles. The highest BCUT2D eigenvalue weighted by atomic mass is 16.3. The summed E-state index contributed by atoms with van der Waals surface area (Å²) in [5.41, 5.74) is 6.79. The van der Waals surface area contributed by atoms with Crippen molar-refractivity contribution in [2.75, 3.05) is 6.54 Å². The summed E-state index contributed by atoms with van der Waals surface area (Å²) in [6.07, 6.45) is 8.72. The third-order valence-corrected chi connectivity index (χ3v) is 4.83. The molecule has 1 aromatic heterocycles. The van der Waals surface area contributed by atoms with Crippen molar-refractivity contribution >= 4 is 10.8 Å². The Morgan fingerprint density at radius 2 is 1.90 bits per heavy atom. The van der Waals surface area contributed by atoms with E-state index in [1.807, 2.05) is 24.4 Å². The van der Waals surface area contributed by atoms with Crippen molar-refractivity contribution < 1.29 is 5.11 Å². The Balaban J connectivity index is 2.05. The summed E-state index contributed by atoms with van der Waals surface area (Å²) in [5.74, 6) is 0. The van der Waals surface area contributed by atoms with Gasteiger partial charge in [-0.25, -0.2) is 0 Å². The highest BCUT2D eigenvalue weighted by Crippen LogP contribution is 2.46. The summed E-state index contributed by atoms with van der Waals surface area (Å²) < 4.78 is 0. The van der Waals surface area contributed by atoms with E-state index in [0.717, 1.165) is 42.0 Å². The van der Waals surface area contributed by atoms with Crippen LogP contribution in [0.25, 0.3) is 10.8 Å². The van der Waals surface area contributed by atoms with E-state index in [-0.39, 0.29) is 5.41 Å². The Morgan fingerprint density at radius 1 is 1.15 bits per heavy atom. The summed E-state index contributed by atoms with van der Waals surface area (Å²) in [7, 11) is 0. The monoisotopic (exact) mass is 270 g/mol. The zero-order valence-corrected chi connectivity index (χ0v) is 11.8. The molecule has 2 aromatic rings. The SMILES string of the molecule is NCC1(C(O)c2cncc3ccccc23)CCCCC1. The lowest BCUT2D eigenvalue weighted by Crippen LogP contribution is -2.38. The van der Waals surface area contributed by atoms with Crippen LogP contribution in [0.3, 0.4) is 0 Å². The summed E-state index contributed by atoms with van der Waals surface area (Å²) in [6, 6.07) is 8.10. The highest BCUT2D eigenvalue weighted by molar-refractivity contribution is 5.85. The van der Waals surface area contributed by atoms with E-state index in [9.17, 15) is 5.11 Å². The van der Waals surface area contributed by atoms with Gasteiger partial charge in [0.25, 0.3) is 0 Å². The van der Waals surface area contributed by atoms with Gasteiger partial charge in [-0.05, 0) is 18.2 Å². The van der Waals surface area contributed by atoms with Crippen molar-refractivity contribution in [3.63, 3.8) is 0 Å². The van der Waals surface area contributed by atoms with Gasteiger partial charge in [-0.15, -0.1) is 0 Å². The number of aromatic nitrogens is 1. The van der Waals surface area contributed by atoms with Gasteiger partial charge in [-0.2, -0.15) is 0 Å². The number of hydrogen-bond donors (Lipinski definition) is 2. The molecule has 1 aliphatic rings. The molecule has 0 bridgehead atoms. The van der Waals surface area contributed by atoms with Crippen molar-refractivity contribution in [2.45, 2.75) is 38.2 Å². The predicted octanol–water partition coefficient (Wildman–Crippen LogP) is 3.18. The first kappa shape index (κ1) is 13.5. The number of nitrogens with two attached hydrogens (primary N) is 1. The number of aliphatic hydroxyl groups is 1. The van der Waals surface area contributed by atoms with Crippen LogP contribution in [-0.4, -0.2) is 16.6 Å². The van der Waals surface area contributed by atoms with Crippen molar-refractivity contribution in [3.8, 4) is 0 Å². The van der Waals surface area contributed by atoms with E-state index in [1.54, 1.807) is 6.20 Å². The second kappa shape index (κ2) is 5.51. The number of rotatable bonds is 3. The van der Waals surface area contributed by atoms with Crippen LogP contribution in [-0.2, 0) is 0 Å². The first-order valence-electron chi connectivity index (χ1n) is 7.48. The molecule has 1 fully saturated rings. The molecule has 3 nitrogen and oxygen atoms in total. The average molecular weight is 270 g/mol. The molecule has 1 unspecified atom stereocenters. The third kappa shape index (κ3) is 2.21. The molecule has 0 saturated heterocycles. The second-order valence-corrected chi connectivity index (χ2v) is 5.98. The minimum atomic E-state index is -0.522. The molecular formula is C17H22N2O. The minimum absolute atomic E-state index is 0.177. The Bertz CT molecular complexity index is 585.